The molecule has 0 saturated carbocycles. The molecule has 1 atom stereocenters. The number of carbonyl (C=O) groups is 1. The Labute approximate surface area is 177 Å². The zero-order valence-corrected chi connectivity index (χ0v) is 17.8. The number of carbonyl (C=O) groups excluding carboxylic acids is 1. The van der Waals surface area contributed by atoms with Crippen molar-refractivity contribution in [2.75, 3.05) is 0 Å². The van der Waals surface area contributed by atoms with Gasteiger partial charge < -0.3 is 9.88 Å². The van der Waals surface area contributed by atoms with Gasteiger partial charge in [0, 0.05) is 13.2 Å². The van der Waals surface area contributed by atoms with Gasteiger partial charge in [0.15, 0.2) is 0 Å². The Morgan fingerprint density at radius 1 is 1.00 bits per heavy atom. The highest BCUT2D eigenvalue weighted by molar-refractivity contribution is 5.94. The molecule has 4 aromatic rings. The van der Waals surface area contributed by atoms with Gasteiger partial charge in [-0.2, -0.15) is 5.10 Å². The number of benzene rings is 2. The van der Waals surface area contributed by atoms with Crippen LogP contribution in [0.2, 0.25) is 0 Å². The Morgan fingerprint density at radius 2 is 1.77 bits per heavy atom. The van der Waals surface area contributed by atoms with Crippen molar-refractivity contribution >= 4 is 5.91 Å². The molecule has 2 aromatic heterocycles. The Kier molecular flexibility index (Phi) is 5.27. The zero-order chi connectivity index (χ0) is 21.3. The summed E-state index contributed by atoms with van der Waals surface area (Å²) in [6, 6.07) is 21.9. The topological polar surface area (TPSA) is 51.9 Å². The first-order valence-electron chi connectivity index (χ1n) is 10.1. The van der Waals surface area contributed by atoms with E-state index in [9.17, 15) is 4.79 Å². The number of hydrogen-bond donors (Lipinski definition) is 1. The molecule has 5 heteroatoms. The van der Waals surface area contributed by atoms with Crippen LogP contribution in [0.4, 0.5) is 0 Å². The lowest BCUT2D eigenvalue weighted by Crippen LogP contribution is -2.28. The first-order chi connectivity index (χ1) is 14.4. The fraction of sp³-hybridized carbons (Fsp3) is 0.200. The smallest absolute Gasteiger partial charge is 0.270 e. The maximum Gasteiger partial charge on any atom is 0.270 e. The second-order valence-corrected chi connectivity index (χ2v) is 7.73. The van der Waals surface area contributed by atoms with E-state index < -0.39 is 0 Å². The zero-order valence-electron chi connectivity index (χ0n) is 17.8. The van der Waals surface area contributed by atoms with E-state index in [1.165, 1.54) is 0 Å². The molecular formula is C25H26N4O. The number of nitrogens with one attached hydrogen (secondary N) is 1. The van der Waals surface area contributed by atoms with E-state index in [0.717, 1.165) is 33.8 Å². The molecule has 30 heavy (non-hydrogen) atoms. The van der Waals surface area contributed by atoms with Crippen molar-refractivity contribution in [1.29, 1.82) is 0 Å². The van der Waals surface area contributed by atoms with Gasteiger partial charge in [0.05, 0.1) is 17.4 Å². The van der Waals surface area contributed by atoms with Crippen molar-refractivity contribution in [3.63, 3.8) is 0 Å². The third-order valence-electron chi connectivity index (χ3n) is 5.39. The van der Waals surface area contributed by atoms with Crippen LogP contribution in [0.5, 0.6) is 0 Å². The Bertz CT molecular complexity index is 1190. The lowest BCUT2D eigenvalue weighted by atomic mass is 10.1. The highest BCUT2D eigenvalue weighted by Gasteiger charge is 2.21. The molecule has 0 saturated heterocycles. The number of hydrogen-bond acceptors (Lipinski definition) is 2. The molecule has 0 bridgehead atoms. The van der Waals surface area contributed by atoms with Crippen LogP contribution in [0.1, 0.15) is 40.1 Å². The Balaban J connectivity index is 1.77. The molecule has 0 aliphatic rings. The van der Waals surface area contributed by atoms with Gasteiger partial charge in [0.2, 0.25) is 0 Å². The van der Waals surface area contributed by atoms with Crippen molar-refractivity contribution in [2.45, 2.75) is 26.8 Å². The molecule has 0 aliphatic heterocycles. The molecule has 4 rings (SSSR count). The minimum Gasteiger partial charge on any atom is -0.349 e. The molecule has 2 heterocycles. The Hall–Kier alpha value is -3.60. The molecule has 0 aliphatic carbocycles. The third kappa shape index (κ3) is 3.79. The normalized spacial score (nSPS) is 12.0. The average molecular weight is 399 g/mol. The summed E-state index contributed by atoms with van der Waals surface area (Å²) in [5, 5.41) is 7.95. The first kappa shape index (κ1) is 19.7. The van der Waals surface area contributed by atoms with E-state index in [-0.39, 0.29) is 11.9 Å². The van der Waals surface area contributed by atoms with Crippen LogP contribution < -0.4 is 5.32 Å². The minimum atomic E-state index is -0.153. The number of amides is 1. The predicted molar refractivity (Wildman–Crippen MR) is 120 cm³/mol. The van der Waals surface area contributed by atoms with E-state index >= 15 is 0 Å². The van der Waals surface area contributed by atoms with E-state index in [2.05, 4.69) is 23.5 Å². The number of nitrogens with zero attached hydrogens (tertiary/aromatic N) is 3. The second kappa shape index (κ2) is 8.03. The van der Waals surface area contributed by atoms with Crippen LogP contribution in [0.3, 0.4) is 0 Å². The van der Waals surface area contributed by atoms with Gasteiger partial charge >= 0.3 is 0 Å². The molecule has 0 unspecified atom stereocenters. The molecule has 5 nitrogen and oxygen atoms in total. The Morgan fingerprint density at radius 3 is 2.47 bits per heavy atom. The van der Waals surface area contributed by atoms with Gasteiger partial charge in [0.1, 0.15) is 11.4 Å². The van der Waals surface area contributed by atoms with Crippen molar-refractivity contribution in [2.24, 2.45) is 7.05 Å². The summed E-state index contributed by atoms with van der Waals surface area (Å²) in [7, 11) is 1.98. The van der Waals surface area contributed by atoms with Crippen molar-refractivity contribution in [3.8, 4) is 17.1 Å². The van der Waals surface area contributed by atoms with Gasteiger partial charge in [-0.25, -0.2) is 4.68 Å². The largest absolute Gasteiger partial charge is 0.349 e. The summed E-state index contributed by atoms with van der Waals surface area (Å²) < 4.78 is 3.77. The van der Waals surface area contributed by atoms with E-state index in [0.29, 0.717) is 5.69 Å². The van der Waals surface area contributed by atoms with Crippen LogP contribution >= 0.6 is 0 Å². The van der Waals surface area contributed by atoms with E-state index in [4.69, 9.17) is 5.10 Å². The summed E-state index contributed by atoms with van der Waals surface area (Å²) in [5.41, 5.74) is 6.40. The predicted octanol–water partition coefficient (Wildman–Crippen LogP) is 4.99. The van der Waals surface area contributed by atoms with Gasteiger partial charge in [-0.05, 0) is 61.7 Å². The van der Waals surface area contributed by atoms with Gasteiger partial charge in [-0.3, -0.25) is 4.79 Å². The third-order valence-corrected chi connectivity index (χ3v) is 5.39. The summed E-state index contributed by atoms with van der Waals surface area (Å²) in [6.07, 6.45) is 1.98. The molecule has 2 aromatic carbocycles. The van der Waals surface area contributed by atoms with Gasteiger partial charge in [-0.1, -0.05) is 42.5 Å². The number of aryl methyl sites for hydroxylation is 3. The SMILES string of the molecule is Cc1ccc(C)c(-n2nc(-c3cccn3C)cc2C(=O)N[C@H](C)c2ccccc2)c1. The quantitative estimate of drug-likeness (QED) is 0.515. The summed E-state index contributed by atoms with van der Waals surface area (Å²) in [4.78, 5) is 13.3. The monoisotopic (exact) mass is 398 g/mol. The highest BCUT2D eigenvalue weighted by atomic mass is 16.2. The minimum absolute atomic E-state index is 0.112. The first-order valence-corrected chi connectivity index (χ1v) is 10.1. The summed E-state index contributed by atoms with van der Waals surface area (Å²) in [5.74, 6) is -0.153. The standard InChI is InChI=1S/C25H26N4O/c1-17-12-13-18(2)23(15-17)29-24(16-21(27-29)22-11-8-14-28(22)4)25(30)26-19(3)20-9-6-5-7-10-20/h5-16,19H,1-4H3,(H,26,30)/t19-/m1/s1. The highest BCUT2D eigenvalue weighted by Crippen LogP contribution is 2.25. The maximum atomic E-state index is 13.3. The average Bonchev–Trinajstić information content (AvgIpc) is 3.36. The second-order valence-electron chi connectivity index (χ2n) is 7.73. The lowest BCUT2D eigenvalue weighted by Gasteiger charge is -2.16. The summed E-state index contributed by atoms with van der Waals surface area (Å²) in [6.45, 7) is 6.07. The lowest BCUT2D eigenvalue weighted by molar-refractivity contribution is 0.0932. The van der Waals surface area contributed by atoms with Crippen LogP contribution in [0.15, 0.2) is 72.9 Å². The van der Waals surface area contributed by atoms with E-state index in [1.807, 2.05) is 87.1 Å². The van der Waals surface area contributed by atoms with Gasteiger partial charge in [0.25, 0.3) is 5.91 Å². The van der Waals surface area contributed by atoms with Crippen LogP contribution in [-0.2, 0) is 7.05 Å². The van der Waals surface area contributed by atoms with Gasteiger partial charge in [-0.15, -0.1) is 0 Å². The number of rotatable bonds is 5. The molecule has 1 amide bonds. The molecule has 0 radical (unpaired) electrons. The molecule has 152 valence electrons. The molecule has 0 fully saturated rings. The molecular weight excluding hydrogens is 372 g/mol. The number of aromatic nitrogens is 3. The van der Waals surface area contributed by atoms with Crippen LogP contribution in [0, 0.1) is 13.8 Å². The molecule has 1 N–H and O–H groups in total. The summed E-state index contributed by atoms with van der Waals surface area (Å²) >= 11 is 0. The fourth-order valence-corrected chi connectivity index (χ4v) is 3.62. The maximum absolute atomic E-state index is 13.3. The van der Waals surface area contributed by atoms with Crippen LogP contribution in [0.25, 0.3) is 17.1 Å². The van der Waals surface area contributed by atoms with Crippen molar-refractivity contribution < 1.29 is 4.79 Å². The van der Waals surface area contributed by atoms with Crippen LogP contribution in [-0.4, -0.2) is 20.3 Å². The van der Waals surface area contributed by atoms with E-state index in [1.54, 1.807) is 4.68 Å². The van der Waals surface area contributed by atoms with Crippen molar-refractivity contribution in [3.05, 3.63) is 95.3 Å². The fourth-order valence-electron chi connectivity index (χ4n) is 3.62. The molecule has 0 spiro atoms. The van der Waals surface area contributed by atoms with Crippen molar-refractivity contribution in [1.82, 2.24) is 19.7 Å².